The highest BCUT2D eigenvalue weighted by Crippen LogP contribution is 2.37. The largest absolute Gasteiger partial charge is 0.308 e. The topological polar surface area (TPSA) is 20.3 Å². The zero-order valence-corrected chi connectivity index (χ0v) is 15.3. The predicted octanol–water partition coefficient (Wildman–Crippen LogP) is 5.45. The average Bonchev–Trinajstić information content (AvgIpc) is 2.86. The van der Waals surface area contributed by atoms with Crippen LogP contribution in [0.1, 0.15) is 19.4 Å². The van der Waals surface area contributed by atoms with Crippen molar-refractivity contribution >= 4 is 46.6 Å². The van der Waals surface area contributed by atoms with Crippen molar-refractivity contribution in [1.29, 1.82) is 0 Å². The lowest BCUT2D eigenvalue weighted by Crippen LogP contribution is -2.40. The first kappa shape index (κ1) is 16.7. The number of hydrogen-bond acceptors (Lipinski definition) is 2. The van der Waals surface area contributed by atoms with E-state index in [-0.39, 0.29) is 17.2 Å². The van der Waals surface area contributed by atoms with Gasteiger partial charge >= 0.3 is 0 Å². The van der Waals surface area contributed by atoms with Gasteiger partial charge in [0.15, 0.2) is 0 Å². The van der Waals surface area contributed by atoms with E-state index in [0.29, 0.717) is 10.0 Å². The maximum Gasteiger partial charge on any atom is 0.240 e. The van der Waals surface area contributed by atoms with Crippen molar-refractivity contribution in [3.05, 3.63) is 58.1 Å². The third kappa shape index (κ3) is 3.37. The van der Waals surface area contributed by atoms with Crippen molar-refractivity contribution < 1.29 is 4.79 Å². The molecule has 1 aliphatic rings. The van der Waals surface area contributed by atoms with Crippen LogP contribution in [0.5, 0.6) is 0 Å². The SMILES string of the molecule is C[C@H](Sc1cc(Cl)ccc1Cl)C(=O)N1c2ccccc2C[C@H]1C. The molecule has 2 aromatic carbocycles. The quantitative estimate of drug-likeness (QED) is 0.673. The van der Waals surface area contributed by atoms with Crippen molar-refractivity contribution in [2.45, 2.75) is 36.5 Å². The molecule has 0 N–H and O–H groups in total. The van der Waals surface area contributed by atoms with Crippen molar-refractivity contribution in [3.63, 3.8) is 0 Å². The zero-order chi connectivity index (χ0) is 16.6. The Balaban J connectivity index is 1.81. The lowest BCUT2D eigenvalue weighted by atomic mass is 10.1. The van der Waals surface area contributed by atoms with Gasteiger partial charge in [0.25, 0.3) is 0 Å². The second kappa shape index (κ2) is 6.76. The Hall–Kier alpha value is -1.16. The summed E-state index contributed by atoms with van der Waals surface area (Å²) in [4.78, 5) is 15.7. The molecule has 0 saturated carbocycles. The second-order valence-corrected chi connectivity index (χ2v) is 7.95. The number of nitrogens with zero attached hydrogens (tertiary/aromatic N) is 1. The minimum atomic E-state index is -0.237. The van der Waals surface area contributed by atoms with E-state index in [0.717, 1.165) is 17.0 Å². The fourth-order valence-corrected chi connectivity index (χ4v) is 4.36. The summed E-state index contributed by atoms with van der Waals surface area (Å²) in [5.41, 5.74) is 2.25. The van der Waals surface area contributed by atoms with Crippen LogP contribution in [-0.4, -0.2) is 17.2 Å². The molecule has 0 radical (unpaired) electrons. The second-order valence-electron chi connectivity index (χ2n) is 5.72. The van der Waals surface area contributed by atoms with Crippen LogP contribution >= 0.6 is 35.0 Å². The summed E-state index contributed by atoms with van der Waals surface area (Å²) in [6.07, 6.45) is 0.900. The summed E-state index contributed by atoms with van der Waals surface area (Å²) in [5, 5.41) is 1.00. The molecule has 0 fully saturated rings. The van der Waals surface area contributed by atoms with Gasteiger partial charge in [-0.05, 0) is 50.1 Å². The van der Waals surface area contributed by atoms with E-state index in [9.17, 15) is 4.79 Å². The first-order chi connectivity index (χ1) is 11.0. The van der Waals surface area contributed by atoms with E-state index in [1.54, 1.807) is 18.2 Å². The Morgan fingerprint density at radius 1 is 1.26 bits per heavy atom. The van der Waals surface area contributed by atoms with Gasteiger partial charge in [0.05, 0.1) is 10.3 Å². The van der Waals surface area contributed by atoms with Crippen LogP contribution < -0.4 is 4.90 Å². The van der Waals surface area contributed by atoms with E-state index in [2.05, 4.69) is 13.0 Å². The van der Waals surface area contributed by atoms with Gasteiger partial charge in [-0.3, -0.25) is 4.79 Å². The highest BCUT2D eigenvalue weighted by Gasteiger charge is 2.33. The van der Waals surface area contributed by atoms with E-state index in [1.165, 1.54) is 17.3 Å². The maximum atomic E-state index is 12.9. The molecule has 120 valence electrons. The van der Waals surface area contributed by atoms with Gasteiger partial charge in [-0.15, -0.1) is 11.8 Å². The fourth-order valence-electron chi connectivity index (χ4n) is 2.91. The number of anilines is 1. The summed E-state index contributed by atoms with van der Waals surface area (Å²) >= 11 is 13.7. The van der Waals surface area contributed by atoms with Gasteiger partial charge < -0.3 is 4.90 Å². The van der Waals surface area contributed by atoms with Crippen LogP contribution in [0.25, 0.3) is 0 Å². The molecule has 5 heteroatoms. The van der Waals surface area contributed by atoms with Crippen molar-refractivity contribution in [3.8, 4) is 0 Å². The lowest BCUT2D eigenvalue weighted by molar-refractivity contribution is -0.118. The number of hydrogen-bond donors (Lipinski definition) is 0. The highest BCUT2D eigenvalue weighted by atomic mass is 35.5. The van der Waals surface area contributed by atoms with Crippen molar-refractivity contribution in [2.75, 3.05) is 4.90 Å². The van der Waals surface area contributed by atoms with Crippen molar-refractivity contribution in [2.24, 2.45) is 0 Å². The van der Waals surface area contributed by atoms with Gasteiger partial charge in [0, 0.05) is 21.6 Å². The number of amides is 1. The summed E-state index contributed by atoms with van der Waals surface area (Å²) in [5.74, 6) is 0.100. The minimum absolute atomic E-state index is 0.100. The molecule has 3 rings (SSSR count). The van der Waals surface area contributed by atoms with Gasteiger partial charge in [0.2, 0.25) is 5.91 Å². The molecular formula is C18H17Cl2NOS. The number of rotatable bonds is 3. The smallest absolute Gasteiger partial charge is 0.240 e. The lowest BCUT2D eigenvalue weighted by Gasteiger charge is -2.26. The molecule has 1 aliphatic heterocycles. The number of fused-ring (bicyclic) bond motifs is 1. The van der Waals surface area contributed by atoms with Crippen LogP contribution in [0.2, 0.25) is 10.0 Å². The number of thioether (sulfide) groups is 1. The number of halogens is 2. The third-order valence-corrected chi connectivity index (χ3v) is 5.81. The number of carbonyl (C=O) groups is 1. The minimum Gasteiger partial charge on any atom is -0.308 e. The molecule has 1 heterocycles. The molecule has 0 aliphatic carbocycles. The monoisotopic (exact) mass is 365 g/mol. The van der Waals surface area contributed by atoms with Crippen LogP contribution in [0.3, 0.4) is 0 Å². The molecule has 2 nitrogen and oxygen atoms in total. The molecule has 0 unspecified atom stereocenters. The van der Waals surface area contributed by atoms with Crippen LogP contribution in [0.4, 0.5) is 5.69 Å². The van der Waals surface area contributed by atoms with Crippen molar-refractivity contribution in [1.82, 2.24) is 0 Å². The molecule has 0 aromatic heterocycles. The Bertz CT molecular complexity index is 750. The standard InChI is InChI=1S/C18H17Cl2NOS/c1-11-9-13-5-3-4-6-16(13)21(11)18(22)12(2)23-17-10-14(19)7-8-15(17)20/h3-8,10-12H,9H2,1-2H3/t11-,12+/m1/s1. The molecule has 2 aromatic rings. The third-order valence-electron chi connectivity index (χ3n) is 3.99. The summed E-state index contributed by atoms with van der Waals surface area (Å²) in [6.45, 7) is 4.00. The van der Waals surface area contributed by atoms with Gasteiger partial charge in [-0.1, -0.05) is 41.4 Å². The fraction of sp³-hybridized carbons (Fsp3) is 0.278. The molecule has 0 saturated heterocycles. The van der Waals surface area contributed by atoms with Gasteiger partial charge in [-0.2, -0.15) is 0 Å². The van der Waals surface area contributed by atoms with E-state index >= 15 is 0 Å². The number of carbonyl (C=O) groups excluding carboxylic acids is 1. The predicted molar refractivity (Wildman–Crippen MR) is 98.9 cm³/mol. The summed E-state index contributed by atoms with van der Waals surface area (Å²) in [7, 11) is 0. The van der Waals surface area contributed by atoms with Gasteiger partial charge in [0.1, 0.15) is 0 Å². The number of benzene rings is 2. The Kier molecular flexibility index (Phi) is 4.90. The molecule has 0 spiro atoms. The summed E-state index contributed by atoms with van der Waals surface area (Å²) in [6, 6.07) is 13.6. The molecule has 23 heavy (non-hydrogen) atoms. The zero-order valence-electron chi connectivity index (χ0n) is 12.9. The van der Waals surface area contributed by atoms with Gasteiger partial charge in [-0.25, -0.2) is 0 Å². The van der Waals surface area contributed by atoms with Crippen LogP contribution in [-0.2, 0) is 11.2 Å². The average molecular weight is 366 g/mol. The number of para-hydroxylation sites is 1. The molecule has 1 amide bonds. The van der Waals surface area contributed by atoms with Crippen LogP contribution in [0, 0.1) is 0 Å². The highest BCUT2D eigenvalue weighted by molar-refractivity contribution is 8.00. The Labute approximate surface area is 150 Å². The summed E-state index contributed by atoms with van der Waals surface area (Å²) < 4.78 is 0. The Morgan fingerprint density at radius 2 is 2.00 bits per heavy atom. The normalized spacial score (nSPS) is 17.9. The van der Waals surface area contributed by atoms with E-state index < -0.39 is 0 Å². The Morgan fingerprint density at radius 3 is 2.78 bits per heavy atom. The maximum absolute atomic E-state index is 12.9. The molecule has 0 bridgehead atoms. The van der Waals surface area contributed by atoms with Crippen LogP contribution in [0.15, 0.2) is 47.4 Å². The molecule has 2 atom stereocenters. The first-order valence-corrected chi connectivity index (χ1v) is 9.13. The first-order valence-electron chi connectivity index (χ1n) is 7.50. The van der Waals surface area contributed by atoms with E-state index in [1.807, 2.05) is 30.0 Å². The van der Waals surface area contributed by atoms with E-state index in [4.69, 9.17) is 23.2 Å². The molecular weight excluding hydrogens is 349 g/mol.